The van der Waals surface area contributed by atoms with E-state index in [-0.39, 0.29) is 6.09 Å². The zero-order valence-electron chi connectivity index (χ0n) is 18.0. The number of piperidine rings is 1. The highest BCUT2D eigenvalue weighted by molar-refractivity contribution is 5.79. The van der Waals surface area contributed by atoms with Gasteiger partial charge in [-0.05, 0) is 52.5 Å². The lowest BCUT2D eigenvalue weighted by Gasteiger charge is -2.36. The maximum Gasteiger partial charge on any atom is 0.410 e. The third kappa shape index (κ3) is 7.05. The minimum atomic E-state index is -0.456. The molecule has 158 valence electrons. The Kier molecular flexibility index (Phi) is 8.14. The lowest BCUT2D eigenvalue weighted by molar-refractivity contribution is 0.0214. The summed E-state index contributed by atoms with van der Waals surface area (Å²) in [5.74, 6) is 1.43. The quantitative estimate of drug-likeness (QED) is 0.594. The van der Waals surface area contributed by atoms with E-state index in [1.807, 2.05) is 56.6 Å². The van der Waals surface area contributed by atoms with Gasteiger partial charge < -0.3 is 19.9 Å². The van der Waals surface area contributed by atoms with Crippen LogP contribution in [-0.4, -0.2) is 77.0 Å². The van der Waals surface area contributed by atoms with Crippen molar-refractivity contribution >= 4 is 12.1 Å². The standard InChI is InChI=1S/C20H36N6O2/c1-6-24(19(27)28-20(2,3)4)16-17-8-13-25(14-9-17)18(21-5)22-11-15-26-12-7-10-23-26/h7,10,12,17H,6,8-9,11,13-16H2,1-5H3,(H,21,22). The molecule has 8 nitrogen and oxygen atoms in total. The number of carbonyl (C=O) groups is 1. The molecule has 1 aliphatic rings. The van der Waals surface area contributed by atoms with Crippen molar-refractivity contribution in [1.29, 1.82) is 0 Å². The van der Waals surface area contributed by atoms with Crippen LogP contribution >= 0.6 is 0 Å². The number of likely N-dealkylation sites (tertiary alicyclic amines) is 1. The van der Waals surface area contributed by atoms with Gasteiger partial charge in [0, 0.05) is 52.2 Å². The van der Waals surface area contributed by atoms with E-state index in [0.717, 1.165) is 51.5 Å². The van der Waals surface area contributed by atoms with Crippen LogP contribution in [0.5, 0.6) is 0 Å². The highest BCUT2D eigenvalue weighted by Gasteiger charge is 2.27. The van der Waals surface area contributed by atoms with Gasteiger partial charge in [0.2, 0.25) is 0 Å². The normalized spacial score (nSPS) is 16.2. The van der Waals surface area contributed by atoms with Gasteiger partial charge in [0.25, 0.3) is 0 Å². The molecule has 1 amide bonds. The Morgan fingerprint density at radius 1 is 1.36 bits per heavy atom. The van der Waals surface area contributed by atoms with Crippen LogP contribution in [-0.2, 0) is 11.3 Å². The SMILES string of the molecule is CCN(CC1CCN(C(=NC)NCCn2cccn2)CC1)C(=O)OC(C)(C)C. The lowest BCUT2D eigenvalue weighted by Crippen LogP contribution is -2.48. The van der Waals surface area contributed by atoms with E-state index in [9.17, 15) is 4.79 Å². The molecule has 0 bridgehead atoms. The number of guanidine groups is 1. The molecule has 0 aliphatic carbocycles. The molecular formula is C20H36N6O2. The van der Waals surface area contributed by atoms with Crippen LogP contribution in [0.4, 0.5) is 4.79 Å². The van der Waals surface area contributed by atoms with Gasteiger partial charge in [-0.2, -0.15) is 5.10 Å². The van der Waals surface area contributed by atoms with Crippen LogP contribution in [0, 0.1) is 5.92 Å². The molecule has 2 heterocycles. The zero-order valence-corrected chi connectivity index (χ0v) is 18.0. The van der Waals surface area contributed by atoms with Gasteiger partial charge in [-0.15, -0.1) is 0 Å². The molecule has 1 aromatic heterocycles. The highest BCUT2D eigenvalue weighted by Crippen LogP contribution is 2.20. The van der Waals surface area contributed by atoms with E-state index in [4.69, 9.17) is 4.74 Å². The number of amides is 1. The Bertz CT molecular complexity index is 615. The van der Waals surface area contributed by atoms with Gasteiger partial charge in [0.1, 0.15) is 5.60 Å². The van der Waals surface area contributed by atoms with Gasteiger partial charge in [0.05, 0.1) is 6.54 Å². The van der Waals surface area contributed by atoms with Crippen LogP contribution in [0.3, 0.4) is 0 Å². The summed E-state index contributed by atoms with van der Waals surface area (Å²) in [5.41, 5.74) is -0.456. The molecule has 0 saturated carbocycles. The number of carbonyl (C=O) groups excluding carboxylic acids is 1. The predicted molar refractivity (Wildman–Crippen MR) is 111 cm³/mol. The first kappa shape index (κ1) is 22.0. The van der Waals surface area contributed by atoms with Gasteiger partial charge in [-0.1, -0.05) is 0 Å². The number of rotatable bonds is 6. The molecule has 8 heteroatoms. The molecule has 0 radical (unpaired) electrons. The van der Waals surface area contributed by atoms with Crippen molar-refractivity contribution in [2.45, 2.75) is 52.7 Å². The third-order valence-corrected chi connectivity index (χ3v) is 4.82. The fraction of sp³-hybridized carbons (Fsp3) is 0.750. The topological polar surface area (TPSA) is 75.0 Å². The number of nitrogens with one attached hydrogen (secondary N) is 1. The van der Waals surface area contributed by atoms with Crippen molar-refractivity contribution in [3.05, 3.63) is 18.5 Å². The van der Waals surface area contributed by atoms with Crippen LogP contribution in [0.1, 0.15) is 40.5 Å². The summed E-state index contributed by atoms with van der Waals surface area (Å²) in [6, 6.07) is 1.93. The fourth-order valence-electron chi connectivity index (χ4n) is 3.35. The van der Waals surface area contributed by atoms with Crippen molar-refractivity contribution in [2.75, 3.05) is 39.8 Å². The summed E-state index contributed by atoms with van der Waals surface area (Å²) in [5, 5.41) is 7.63. The first-order valence-corrected chi connectivity index (χ1v) is 10.2. The number of aromatic nitrogens is 2. The van der Waals surface area contributed by atoms with Gasteiger partial charge in [-0.25, -0.2) is 4.79 Å². The Labute approximate surface area is 168 Å². The average molecular weight is 393 g/mol. The highest BCUT2D eigenvalue weighted by atomic mass is 16.6. The molecule has 1 N–H and O–H groups in total. The molecule has 0 aromatic carbocycles. The van der Waals surface area contributed by atoms with E-state index < -0.39 is 5.60 Å². The molecule has 28 heavy (non-hydrogen) atoms. The summed E-state index contributed by atoms with van der Waals surface area (Å²) in [6.45, 7) is 12.6. The number of ether oxygens (including phenoxy) is 1. The fourth-order valence-corrected chi connectivity index (χ4v) is 3.35. The number of aliphatic imine (C=N–C) groups is 1. The maximum atomic E-state index is 12.4. The van der Waals surface area contributed by atoms with Crippen LogP contribution in [0.2, 0.25) is 0 Å². The second-order valence-corrected chi connectivity index (χ2v) is 8.19. The monoisotopic (exact) mass is 392 g/mol. The van der Waals surface area contributed by atoms with Crippen molar-refractivity contribution in [3.8, 4) is 0 Å². The summed E-state index contributed by atoms with van der Waals surface area (Å²) in [7, 11) is 1.82. The Morgan fingerprint density at radius 2 is 2.07 bits per heavy atom. The van der Waals surface area contributed by atoms with Crippen LogP contribution in [0.15, 0.2) is 23.5 Å². The second kappa shape index (κ2) is 10.3. The molecule has 0 spiro atoms. The minimum Gasteiger partial charge on any atom is -0.444 e. The van der Waals surface area contributed by atoms with Crippen LogP contribution in [0.25, 0.3) is 0 Å². The van der Waals surface area contributed by atoms with E-state index in [0.29, 0.717) is 12.5 Å². The molecule has 1 aromatic rings. The maximum absolute atomic E-state index is 12.4. The van der Waals surface area contributed by atoms with E-state index >= 15 is 0 Å². The molecule has 1 aliphatic heterocycles. The minimum absolute atomic E-state index is 0.214. The number of nitrogens with zero attached hydrogens (tertiary/aromatic N) is 5. The van der Waals surface area contributed by atoms with Gasteiger partial charge >= 0.3 is 6.09 Å². The zero-order chi connectivity index (χ0) is 20.6. The Balaban J connectivity index is 1.76. The van der Waals surface area contributed by atoms with E-state index in [1.54, 1.807) is 6.20 Å². The molecule has 0 atom stereocenters. The average Bonchev–Trinajstić information content (AvgIpc) is 3.16. The Hall–Kier alpha value is -2.25. The summed E-state index contributed by atoms with van der Waals surface area (Å²) < 4.78 is 7.43. The summed E-state index contributed by atoms with van der Waals surface area (Å²) >= 11 is 0. The molecule has 0 unspecified atom stereocenters. The first-order chi connectivity index (χ1) is 13.3. The lowest BCUT2D eigenvalue weighted by atomic mass is 9.96. The van der Waals surface area contributed by atoms with Crippen molar-refractivity contribution in [2.24, 2.45) is 10.9 Å². The Morgan fingerprint density at radius 3 is 2.61 bits per heavy atom. The molecule has 2 rings (SSSR count). The van der Waals surface area contributed by atoms with Crippen LogP contribution < -0.4 is 5.32 Å². The van der Waals surface area contributed by atoms with Crippen molar-refractivity contribution in [3.63, 3.8) is 0 Å². The summed E-state index contributed by atoms with van der Waals surface area (Å²) in [6.07, 6.45) is 5.61. The smallest absolute Gasteiger partial charge is 0.410 e. The van der Waals surface area contributed by atoms with Gasteiger partial charge in [0.15, 0.2) is 5.96 Å². The largest absolute Gasteiger partial charge is 0.444 e. The number of hydrogen-bond donors (Lipinski definition) is 1. The molecular weight excluding hydrogens is 356 g/mol. The van der Waals surface area contributed by atoms with E-state index in [2.05, 4.69) is 20.3 Å². The third-order valence-electron chi connectivity index (χ3n) is 4.82. The van der Waals surface area contributed by atoms with Crippen molar-refractivity contribution < 1.29 is 9.53 Å². The van der Waals surface area contributed by atoms with Gasteiger partial charge in [-0.3, -0.25) is 9.67 Å². The second-order valence-electron chi connectivity index (χ2n) is 8.19. The van der Waals surface area contributed by atoms with Crippen molar-refractivity contribution in [1.82, 2.24) is 24.9 Å². The first-order valence-electron chi connectivity index (χ1n) is 10.2. The predicted octanol–water partition coefficient (Wildman–Crippen LogP) is 2.43. The summed E-state index contributed by atoms with van der Waals surface area (Å²) in [4.78, 5) is 20.9. The number of hydrogen-bond acceptors (Lipinski definition) is 4. The molecule has 1 saturated heterocycles. The molecule has 1 fully saturated rings. The van der Waals surface area contributed by atoms with E-state index in [1.165, 1.54) is 0 Å².